The number of phenols is 2. The maximum absolute atomic E-state index is 11.5. The highest BCUT2D eigenvalue weighted by Gasteiger charge is 2.07. The molecule has 0 unspecified atom stereocenters. The molecule has 16 heavy (non-hydrogen) atoms. The minimum atomic E-state index is -0.289. The number of phenolic OH excluding ortho intramolecular Hbond substituents is 2. The molecule has 1 aromatic rings. The Hall–Kier alpha value is -1.75. The molecule has 4 N–H and O–H groups in total. The second-order valence-electron chi connectivity index (χ2n) is 3.42. The Labute approximate surface area is 94.1 Å². The molecule has 0 bridgehead atoms. The van der Waals surface area contributed by atoms with E-state index in [1.54, 1.807) is 0 Å². The first-order valence-corrected chi connectivity index (χ1v) is 5.10. The van der Waals surface area contributed by atoms with Crippen LogP contribution in [0.3, 0.4) is 0 Å². The quantitative estimate of drug-likeness (QED) is 0.432. The molecule has 1 amide bonds. The summed E-state index contributed by atoms with van der Waals surface area (Å²) < 4.78 is 0. The number of rotatable bonds is 5. The van der Waals surface area contributed by atoms with E-state index < -0.39 is 0 Å². The highest BCUT2D eigenvalue weighted by molar-refractivity contribution is 5.94. The first-order valence-electron chi connectivity index (χ1n) is 5.10. The third kappa shape index (κ3) is 3.43. The van der Waals surface area contributed by atoms with Gasteiger partial charge in [0.1, 0.15) is 0 Å². The number of benzene rings is 1. The summed E-state index contributed by atoms with van der Waals surface area (Å²) in [4.78, 5) is 11.5. The zero-order valence-electron chi connectivity index (χ0n) is 9.16. The van der Waals surface area contributed by atoms with Crippen LogP contribution >= 0.6 is 0 Å². The number of hydrogen-bond donors (Lipinski definition) is 4. The fourth-order valence-electron chi connectivity index (χ4n) is 1.23. The second-order valence-corrected chi connectivity index (χ2v) is 3.42. The molecule has 5 heteroatoms. The van der Waals surface area contributed by atoms with E-state index in [4.69, 9.17) is 5.11 Å². The van der Waals surface area contributed by atoms with Gasteiger partial charge in [0.15, 0.2) is 11.5 Å². The van der Waals surface area contributed by atoms with Crippen molar-refractivity contribution in [2.24, 2.45) is 0 Å². The van der Waals surface area contributed by atoms with E-state index in [9.17, 15) is 9.90 Å². The van der Waals surface area contributed by atoms with Crippen molar-refractivity contribution in [2.75, 3.05) is 20.1 Å². The Morgan fingerprint density at radius 2 is 2.00 bits per heavy atom. The number of hydrogen-bond acceptors (Lipinski definition) is 4. The predicted molar refractivity (Wildman–Crippen MR) is 60.6 cm³/mol. The number of aromatic hydroxyl groups is 2. The fraction of sp³-hybridized carbons (Fsp3) is 0.364. The van der Waals surface area contributed by atoms with Gasteiger partial charge < -0.3 is 20.8 Å². The van der Waals surface area contributed by atoms with Gasteiger partial charge in [0.05, 0.1) is 0 Å². The summed E-state index contributed by atoms with van der Waals surface area (Å²) in [7, 11) is 1.85. The van der Waals surface area contributed by atoms with Crippen LogP contribution in [0.2, 0.25) is 0 Å². The van der Waals surface area contributed by atoms with Crippen LogP contribution in [-0.4, -0.2) is 36.3 Å². The maximum atomic E-state index is 11.5. The third-order valence-electron chi connectivity index (χ3n) is 2.13. The summed E-state index contributed by atoms with van der Waals surface area (Å²) in [6.45, 7) is 1.41. The minimum Gasteiger partial charge on any atom is -0.504 e. The van der Waals surface area contributed by atoms with E-state index in [1.807, 2.05) is 7.05 Å². The van der Waals surface area contributed by atoms with Gasteiger partial charge >= 0.3 is 0 Å². The number of nitrogens with one attached hydrogen (secondary N) is 2. The molecular weight excluding hydrogens is 208 g/mol. The topological polar surface area (TPSA) is 81.6 Å². The van der Waals surface area contributed by atoms with E-state index in [0.717, 1.165) is 13.0 Å². The van der Waals surface area contributed by atoms with Crippen LogP contribution in [-0.2, 0) is 0 Å². The van der Waals surface area contributed by atoms with E-state index in [0.29, 0.717) is 12.1 Å². The van der Waals surface area contributed by atoms with Crippen LogP contribution in [0.1, 0.15) is 16.8 Å². The summed E-state index contributed by atoms with van der Waals surface area (Å²) in [5, 5.41) is 24.0. The van der Waals surface area contributed by atoms with Crippen LogP contribution in [0.5, 0.6) is 11.5 Å². The lowest BCUT2D eigenvalue weighted by atomic mass is 10.2. The Balaban J connectivity index is 2.50. The van der Waals surface area contributed by atoms with Crippen LogP contribution in [0, 0.1) is 0 Å². The van der Waals surface area contributed by atoms with Gasteiger partial charge in [0.25, 0.3) is 5.91 Å². The Morgan fingerprint density at radius 1 is 1.25 bits per heavy atom. The Morgan fingerprint density at radius 3 is 2.62 bits per heavy atom. The SMILES string of the molecule is CNCCCNC(=O)c1ccc(O)c(O)c1. The van der Waals surface area contributed by atoms with Crippen LogP contribution < -0.4 is 10.6 Å². The summed E-state index contributed by atoms with van der Waals surface area (Å²) in [5.41, 5.74) is 0.333. The molecule has 0 spiro atoms. The monoisotopic (exact) mass is 224 g/mol. The van der Waals surface area contributed by atoms with Crippen molar-refractivity contribution in [1.82, 2.24) is 10.6 Å². The van der Waals surface area contributed by atoms with E-state index in [-0.39, 0.29) is 17.4 Å². The van der Waals surface area contributed by atoms with Gasteiger partial charge in [-0.15, -0.1) is 0 Å². The van der Waals surface area contributed by atoms with Crippen molar-refractivity contribution >= 4 is 5.91 Å². The summed E-state index contributed by atoms with van der Waals surface area (Å²) in [5.74, 6) is -0.777. The van der Waals surface area contributed by atoms with Crippen molar-refractivity contribution in [3.8, 4) is 11.5 Å². The molecule has 1 aromatic carbocycles. The molecule has 0 heterocycles. The average molecular weight is 224 g/mol. The molecule has 0 saturated heterocycles. The van der Waals surface area contributed by atoms with E-state index in [2.05, 4.69) is 10.6 Å². The second kappa shape index (κ2) is 5.97. The number of carbonyl (C=O) groups excluding carboxylic acids is 1. The lowest BCUT2D eigenvalue weighted by molar-refractivity contribution is 0.0953. The molecule has 0 saturated carbocycles. The molecule has 0 fully saturated rings. The maximum Gasteiger partial charge on any atom is 0.251 e. The predicted octanol–water partition coefficient (Wildman–Crippen LogP) is 0.437. The standard InChI is InChI=1S/C11H16N2O3/c1-12-5-2-6-13-11(16)8-3-4-9(14)10(15)7-8/h3-4,7,12,14-15H,2,5-6H2,1H3,(H,13,16). The first-order chi connectivity index (χ1) is 7.65. The van der Waals surface area contributed by atoms with Crippen molar-refractivity contribution < 1.29 is 15.0 Å². The average Bonchev–Trinajstić information content (AvgIpc) is 2.28. The van der Waals surface area contributed by atoms with Crippen LogP contribution in [0.25, 0.3) is 0 Å². The molecule has 0 atom stereocenters. The molecule has 1 rings (SSSR count). The van der Waals surface area contributed by atoms with Gasteiger partial charge in [-0.1, -0.05) is 0 Å². The highest BCUT2D eigenvalue weighted by Crippen LogP contribution is 2.24. The van der Waals surface area contributed by atoms with E-state index in [1.165, 1.54) is 18.2 Å². The summed E-state index contributed by atoms with van der Waals surface area (Å²) in [6, 6.07) is 3.99. The van der Waals surface area contributed by atoms with Crippen LogP contribution in [0.4, 0.5) is 0 Å². The molecular formula is C11H16N2O3. The zero-order chi connectivity index (χ0) is 12.0. The third-order valence-corrected chi connectivity index (χ3v) is 2.13. The van der Waals surface area contributed by atoms with Crippen molar-refractivity contribution in [2.45, 2.75) is 6.42 Å². The zero-order valence-corrected chi connectivity index (χ0v) is 9.16. The van der Waals surface area contributed by atoms with Gasteiger partial charge in [-0.3, -0.25) is 4.79 Å². The van der Waals surface area contributed by atoms with Crippen molar-refractivity contribution in [1.29, 1.82) is 0 Å². The van der Waals surface area contributed by atoms with Crippen molar-refractivity contribution in [3.05, 3.63) is 23.8 Å². The Bertz CT molecular complexity index is 366. The van der Waals surface area contributed by atoms with Gasteiger partial charge in [-0.25, -0.2) is 0 Å². The molecule has 5 nitrogen and oxygen atoms in total. The largest absolute Gasteiger partial charge is 0.504 e. The molecule has 0 aliphatic rings. The molecule has 0 radical (unpaired) electrons. The van der Waals surface area contributed by atoms with Gasteiger partial charge in [-0.05, 0) is 38.2 Å². The highest BCUT2D eigenvalue weighted by atomic mass is 16.3. The van der Waals surface area contributed by atoms with Gasteiger partial charge in [0, 0.05) is 12.1 Å². The number of carbonyl (C=O) groups is 1. The lowest BCUT2D eigenvalue weighted by Crippen LogP contribution is -2.26. The van der Waals surface area contributed by atoms with Crippen LogP contribution in [0.15, 0.2) is 18.2 Å². The molecule has 0 aromatic heterocycles. The molecule has 0 aliphatic heterocycles. The lowest BCUT2D eigenvalue weighted by Gasteiger charge is -2.05. The van der Waals surface area contributed by atoms with Crippen molar-refractivity contribution in [3.63, 3.8) is 0 Å². The Kier molecular flexibility index (Phi) is 4.60. The molecule has 0 aliphatic carbocycles. The smallest absolute Gasteiger partial charge is 0.251 e. The summed E-state index contributed by atoms with van der Waals surface area (Å²) in [6.07, 6.45) is 0.840. The fourth-order valence-corrected chi connectivity index (χ4v) is 1.23. The summed E-state index contributed by atoms with van der Waals surface area (Å²) >= 11 is 0. The minimum absolute atomic E-state index is 0.230. The van der Waals surface area contributed by atoms with Gasteiger partial charge in [0.2, 0.25) is 0 Å². The first kappa shape index (κ1) is 12.3. The number of amides is 1. The normalized spacial score (nSPS) is 10.1. The van der Waals surface area contributed by atoms with Gasteiger partial charge in [-0.2, -0.15) is 0 Å². The van der Waals surface area contributed by atoms with E-state index >= 15 is 0 Å². The molecule has 88 valence electrons.